The maximum atomic E-state index is 13.0. The van der Waals surface area contributed by atoms with Crippen molar-refractivity contribution in [3.8, 4) is 5.75 Å². The minimum absolute atomic E-state index is 0.254. The molecule has 1 amide bonds. The van der Waals surface area contributed by atoms with Gasteiger partial charge in [-0.2, -0.15) is 4.31 Å². The molecule has 30 heavy (non-hydrogen) atoms. The van der Waals surface area contributed by atoms with Crippen LogP contribution in [0.4, 0.5) is 5.69 Å². The molecule has 2 aromatic carbocycles. The zero-order chi connectivity index (χ0) is 21.1. The highest BCUT2D eigenvalue weighted by atomic mass is 32.2. The second-order valence-electron chi connectivity index (χ2n) is 7.73. The van der Waals surface area contributed by atoms with E-state index in [1.165, 1.54) is 6.08 Å². The van der Waals surface area contributed by atoms with E-state index in [9.17, 15) is 13.2 Å². The summed E-state index contributed by atoms with van der Waals surface area (Å²) in [7, 11) is -3.56. The Morgan fingerprint density at radius 1 is 1.10 bits per heavy atom. The van der Waals surface area contributed by atoms with Crippen molar-refractivity contribution in [3.63, 3.8) is 0 Å². The standard InChI is InChI=1S/C23H26N2O4S/c1-17-5-8-20(16-22(17)30(27,28)25-12-3-2-4-13-25)24-23(26)10-7-18-6-9-21-19(15-18)11-14-29-21/h5-10,15-16H,2-4,11-14H2,1H3,(H,24,26). The number of benzene rings is 2. The first-order chi connectivity index (χ1) is 14.4. The zero-order valence-corrected chi connectivity index (χ0v) is 17.9. The molecule has 0 spiro atoms. The predicted octanol–water partition coefficient (Wildman–Crippen LogP) is 3.76. The average molecular weight is 427 g/mol. The minimum Gasteiger partial charge on any atom is -0.493 e. The van der Waals surface area contributed by atoms with Crippen LogP contribution in [0.3, 0.4) is 0 Å². The largest absolute Gasteiger partial charge is 0.493 e. The molecule has 7 heteroatoms. The van der Waals surface area contributed by atoms with E-state index in [1.54, 1.807) is 35.5 Å². The summed E-state index contributed by atoms with van der Waals surface area (Å²) in [5.74, 6) is 0.593. The Labute approximate surface area is 177 Å². The molecule has 1 N–H and O–H groups in total. The van der Waals surface area contributed by atoms with Crippen molar-refractivity contribution in [2.75, 3.05) is 25.0 Å². The zero-order valence-electron chi connectivity index (χ0n) is 17.1. The molecular formula is C23H26N2O4S. The molecule has 6 nitrogen and oxygen atoms in total. The average Bonchev–Trinajstić information content (AvgIpc) is 3.22. The van der Waals surface area contributed by atoms with Crippen molar-refractivity contribution in [2.24, 2.45) is 0 Å². The van der Waals surface area contributed by atoms with Gasteiger partial charge in [0.25, 0.3) is 0 Å². The predicted molar refractivity (Wildman–Crippen MR) is 117 cm³/mol. The van der Waals surface area contributed by atoms with E-state index in [4.69, 9.17) is 4.74 Å². The van der Waals surface area contributed by atoms with E-state index in [0.29, 0.717) is 30.9 Å². The number of rotatable bonds is 5. The summed E-state index contributed by atoms with van der Waals surface area (Å²) in [5, 5.41) is 2.77. The smallest absolute Gasteiger partial charge is 0.248 e. The molecule has 0 unspecified atom stereocenters. The van der Waals surface area contributed by atoms with E-state index in [2.05, 4.69) is 5.32 Å². The van der Waals surface area contributed by atoms with Gasteiger partial charge in [0.15, 0.2) is 0 Å². The monoisotopic (exact) mass is 426 g/mol. The summed E-state index contributed by atoms with van der Waals surface area (Å²) in [6, 6.07) is 10.8. The molecule has 0 atom stereocenters. The first-order valence-electron chi connectivity index (χ1n) is 10.3. The summed E-state index contributed by atoms with van der Waals surface area (Å²) in [5.41, 5.74) is 3.21. The second kappa shape index (κ2) is 8.62. The van der Waals surface area contributed by atoms with Crippen LogP contribution in [0.5, 0.6) is 5.75 Å². The first-order valence-corrected chi connectivity index (χ1v) is 11.7. The van der Waals surface area contributed by atoms with E-state index in [-0.39, 0.29) is 10.8 Å². The van der Waals surface area contributed by atoms with E-state index in [0.717, 1.165) is 42.6 Å². The first kappa shape index (κ1) is 20.6. The lowest BCUT2D eigenvalue weighted by atomic mass is 10.1. The van der Waals surface area contributed by atoms with Crippen molar-refractivity contribution in [1.29, 1.82) is 0 Å². The maximum absolute atomic E-state index is 13.0. The third-order valence-electron chi connectivity index (χ3n) is 5.53. The molecule has 0 aliphatic carbocycles. The van der Waals surface area contributed by atoms with Crippen molar-refractivity contribution in [1.82, 2.24) is 4.31 Å². The summed E-state index contributed by atoms with van der Waals surface area (Å²) in [4.78, 5) is 12.6. The minimum atomic E-state index is -3.56. The molecule has 2 aliphatic heterocycles. The van der Waals surface area contributed by atoms with Gasteiger partial charge in [-0.05, 0) is 66.8 Å². The number of fused-ring (bicyclic) bond motifs is 1. The van der Waals surface area contributed by atoms with Crippen molar-refractivity contribution in [3.05, 3.63) is 59.2 Å². The van der Waals surface area contributed by atoms with Crippen LogP contribution >= 0.6 is 0 Å². The molecule has 0 aromatic heterocycles. The number of nitrogens with one attached hydrogen (secondary N) is 1. The van der Waals surface area contributed by atoms with Crippen LogP contribution < -0.4 is 10.1 Å². The lowest BCUT2D eigenvalue weighted by molar-refractivity contribution is -0.111. The molecule has 2 aliphatic rings. The molecule has 2 aromatic rings. The highest BCUT2D eigenvalue weighted by Crippen LogP contribution is 2.27. The fourth-order valence-corrected chi connectivity index (χ4v) is 5.63. The fourth-order valence-electron chi connectivity index (χ4n) is 3.87. The number of aryl methyl sites for hydroxylation is 1. The summed E-state index contributed by atoms with van der Waals surface area (Å²) < 4.78 is 33.1. The molecule has 158 valence electrons. The van der Waals surface area contributed by atoms with Crippen molar-refractivity contribution in [2.45, 2.75) is 37.5 Å². The van der Waals surface area contributed by atoms with Gasteiger partial charge in [0.1, 0.15) is 5.75 Å². The van der Waals surface area contributed by atoms with Crippen molar-refractivity contribution < 1.29 is 17.9 Å². The van der Waals surface area contributed by atoms with Gasteiger partial charge < -0.3 is 10.1 Å². The Morgan fingerprint density at radius 2 is 1.90 bits per heavy atom. The molecule has 2 heterocycles. The second-order valence-corrected chi connectivity index (χ2v) is 9.64. The third-order valence-corrected chi connectivity index (χ3v) is 7.57. The number of anilines is 1. The van der Waals surface area contributed by atoms with Gasteiger partial charge in [-0.1, -0.05) is 18.6 Å². The number of carbonyl (C=O) groups is 1. The normalized spacial score (nSPS) is 17.0. The van der Waals surface area contributed by atoms with Crippen LogP contribution in [-0.2, 0) is 21.2 Å². The van der Waals surface area contributed by atoms with E-state index < -0.39 is 10.0 Å². The van der Waals surface area contributed by atoms with Crippen molar-refractivity contribution >= 4 is 27.7 Å². The third kappa shape index (κ3) is 4.42. The molecule has 1 saturated heterocycles. The molecule has 4 rings (SSSR count). The van der Waals surface area contributed by atoms with E-state index >= 15 is 0 Å². The topological polar surface area (TPSA) is 75.7 Å². The summed E-state index contributed by atoms with van der Waals surface area (Å²) in [6.45, 7) is 3.57. The Kier molecular flexibility index (Phi) is 5.92. The Balaban J connectivity index is 1.48. The fraction of sp³-hybridized carbons (Fsp3) is 0.348. The van der Waals surface area contributed by atoms with Gasteiger partial charge in [0, 0.05) is 31.3 Å². The van der Waals surface area contributed by atoms with Gasteiger partial charge in [-0.15, -0.1) is 0 Å². The van der Waals surface area contributed by atoms with Gasteiger partial charge in [-0.3, -0.25) is 4.79 Å². The number of carbonyl (C=O) groups excluding carboxylic acids is 1. The molecule has 1 fully saturated rings. The van der Waals surface area contributed by atoms with Gasteiger partial charge in [0.05, 0.1) is 11.5 Å². The Hall–Kier alpha value is -2.64. The molecule has 0 saturated carbocycles. The highest BCUT2D eigenvalue weighted by molar-refractivity contribution is 7.89. The SMILES string of the molecule is Cc1ccc(NC(=O)C=Cc2ccc3c(c2)CCO3)cc1S(=O)(=O)N1CCCCC1. The van der Waals surface area contributed by atoms with Gasteiger partial charge in [0.2, 0.25) is 15.9 Å². The summed E-state index contributed by atoms with van der Waals surface area (Å²) in [6.07, 6.45) is 6.90. The van der Waals surface area contributed by atoms with Gasteiger partial charge >= 0.3 is 0 Å². The maximum Gasteiger partial charge on any atom is 0.248 e. The number of ether oxygens (including phenoxy) is 1. The lowest BCUT2D eigenvalue weighted by Crippen LogP contribution is -2.36. The number of nitrogens with zero attached hydrogens (tertiary/aromatic N) is 1. The summed E-state index contributed by atoms with van der Waals surface area (Å²) >= 11 is 0. The number of piperidine rings is 1. The molecular weight excluding hydrogens is 400 g/mol. The lowest BCUT2D eigenvalue weighted by Gasteiger charge is -2.26. The number of amides is 1. The molecule has 0 radical (unpaired) electrons. The highest BCUT2D eigenvalue weighted by Gasteiger charge is 2.27. The van der Waals surface area contributed by atoms with Gasteiger partial charge in [-0.25, -0.2) is 8.42 Å². The van der Waals surface area contributed by atoms with E-state index in [1.807, 2.05) is 18.2 Å². The van der Waals surface area contributed by atoms with Crippen LogP contribution in [0.25, 0.3) is 6.08 Å². The number of sulfonamides is 1. The van der Waals surface area contributed by atoms with Crippen LogP contribution in [0.1, 0.15) is 36.0 Å². The quantitative estimate of drug-likeness (QED) is 0.739. The Morgan fingerprint density at radius 3 is 2.70 bits per heavy atom. The van der Waals surface area contributed by atoms with Crippen LogP contribution in [0, 0.1) is 6.92 Å². The van der Waals surface area contributed by atoms with Crippen LogP contribution in [-0.4, -0.2) is 38.3 Å². The number of hydrogen-bond donors (Lipinski definition) is 1. The Bertz CT molecular complexity index is 1090. The van der Waals surface area contributed by atoms with Crippen LogP contribution in [0.2, 0.25) is 0 Å². The molecule has 0 bridgehead atoms. The van der Waals surface area contributed by atoms with Crippen LogP contribution in [0.15, 0.2) is 47.4 Å². The number of hydrogen-bond acceptors (Lipinski definition) is 4.